The number of rotatable bonds is 7. The topological polar surface area (TPSA) is 94.0 Å². The average Bonchev–Trinajstić information content (AvgIpc) is 2.73. The summed E-state index contributed by atoms with van der Waals surface area (Å²) in [5.41, 5.74) is 5.33. The maximum absolute atomic E-state index is 11.4. The number of nitrogens with one attached hydrogen (secondary N) is 1. The minimum Gasteiger partial charge on any atom is -0.415 e. The van der Waals surface area contributed by atoms with Crippen LogP contribution < -0.4 is 11.1 Å². The Morgan fingerprint density at radius 3 is 2.88 bits per heavy atom. The zero-order chi connectivity index (χ0) is 12.7. The second-order valence-electron chi connectivity index (χ2n) is 3.99. The predicted octanol–water partition coefficient (Wildman–Crippen LogP) is 0.783. The zero-order valence-electron chi connectivity index (χ0n) is 10.1. The lowest BCUT2D eigenvalue weighted by molar-refractivity contribution is -0.118. The molecule has 1 heterocycles. The lowest BCUT2D eigenvalue weighted by Crippen LogP contribution is -2.26. The maximum Gasteiger partial charge on any atom is 0.277 e. The molecule has 96 valence electrons. The number of hydrogen-bond donors (Lipinski definition) is 2. The summed E-state index contributed by atoms with van der Waals surface area (Å²) in [6, 6.07) is 0. The minimum atomic E-state index is -0.0249. The molecule has 1 aromatic heterocycles. The van der Waals surface area contributed by atoms with E-state index < -0.39 is 0 Å². The number of aromatic nitrogens is 2. The highest BCUT2D eigenvalue weighted by Crippen LogP contribution is 2.15. The molecule has 0 unspecified atom stereocenters. The highest BCUT2D eigenvalue weighted by atomic mass is 32.2. The van der Waals surface area contributed by atoms with Gasteiger partial charge in [0, 0.05) is 6.54 Å². The SMILES string of the molecule is CC(C)CCNC(=O)CSc1nnc(CN)o1. The third kappa shape index (κ3) is 5.69. The molecule has 0 atom stereocenters. The second kappa shape index (κ2) is 7.29. The van der Waals surface area contributed by atoms with E-state index in [2.05, 4.69) is 29.4 Å². The molecule has 1 amide bonds. The van der Waals surface area contributed by atoms with Crippen molar-refractivity contribution in [3.8, 4) is 0 Å². The van der Waals surface area contributed by atoms with Gasteiger partial charge in [-0.25, -0.2) is 0 Å². The molecule has 3 N–H and O–H groups in total. The number of hydrogen-bond acceptors (Lipinski definition) is 6. The Labute approximate surface area is 105 Å². The van der Waals surface area contributed by atoms with Gasteiger partial charge in [0.15, 0.2) is 0 Å². The van der Waals surface area contributed by atoms with E-state index in [4.69, 9.17) is 10.2 Å². The molecule has 0 aliphatic rings. The summed E-state index contributed by atoms with van der Waals surface area (Å²) in [7, 11) is 0. The first-order valence-corrected chi connectivity index (χ1v) is 6.52. The molecule has 0 aliphatic carbocycles. The van der Waals surface area contributed by atoms with E-state index in [-0.39, 0.29) is 18.2 Å². The largest absolute Gasteiger partial charge is 0.415 e. The van der Waals surface area contributed by atoms with Crippen molar-refractivity contribution in [2.45, 2.75) is 32.0 Å². The Hall–Kier alpha value is -1.08. The predicted molar refractivity (Wildman–Crippen MR) is 65.4 cm³/mol. The number of carbonyl (C=O) groups excluding carboxylic acids is 1. The molecule has 6 nitrogen and oxygen atoms in total. The summed E-state index contributed by atoms with van der Waals surface area (Å²) >= 11 is 1.22. The van der Waals surface area contributed by atoms with Crippen LogP contribution in [0.25, 0.3) is 0 Å². The summed E-state index contributed by atoms with van der Waals surface area (Å²) in [5, 5.41) is 10.7. The molecule has 1 rings (SSSR count). The third-order valence-corrected chi connectivity index (χ3v) is 2.81. The van der Waals surface area contributed by atoms with E-state index in [1.807, 2.05) is 0 Å². The normalized spacial score (nSPS) is 10.8. The van der Waals surface area contributed by atoms with Crippen LogP contribution in [0, 0.1) is 5.92 Å². The van der Waals surface area contributed by atoms with Crippen molar-refractivity contribution < 1.29 is 9.21 Å². The van der Waals surface area contributed by atoms with Gasteiger partial charge in [-0.2, -0.15) is 0 Å². The summed E-state index contributed by atoms with van der Waals surface area (Å²) in [6.45, 7) is 5.16. The van der Waals surface area contributed by atoms with Crippen LogP contribution in [0.15, 0.2) is 9.64 Å². The van der Waals surface area contributed by atoms with Crippen molar-refractivity contribution in [3.63, 3.8) is 0 Å². The van der Waals surface area contributed by atoms with E-state index in [1.54, 1.807) is 0 Å². The molecule has 0 aromatic carbocycles. The van der Waals surface area contributed by atoms with Crippen LogP contribution in [0.5, 0.6) is 0 Å². The molecule has 0 saturated carbocycles. The second-order valence-corrected chi connectivity index (χ2v) is 4.91. The van der Waals surface area contributed by atoms with E-state index >= 15 is 0 Å². The monoisotopic (exact) mass is 258 g/mol. The summed E-state index contributed by atoms with van der Waals surface area (Å²) < 4.78 is 5.16. The number of nitrogens with two attached hydrogens (primary N) is 1. The van der Waals surface area contributed by atoms with Crippen LogP contribution in [-0.2, 0) is 11.3 Å². The zero-order valence-corrected chi connectivity index (χ0v) is 10.9. The standard InChI is InChI=1S/C10H18N4O2S/c1-7(2)3-4-12-8(15)6-17-10-14-13-9(5-11)16-10/h7H,3-6,11H2,1-2H3,(H,12,15). The van der Waals surface area contributed by atoms with Crippen LogP contribution in [0.3, 0.4) is 0 Å². The van der Waals surface area contributed by atoms with Gasteiger partial charge in [-0.15, -0.1) is 10.2 Å². The van der Waals surface area contributed by atoms with Gasteiger partial charge < -0.3 is 15.5 Å². The van der Waals surface area contributed by atoms with E-state index in [0.29, 0.717) is 23.6 Å². The van der Waals surface area contributed by atoms with E-state index in [1.165, 1.54) is 11.8 Å². The summed E-state index contributed by atoms with van der Waals surface area (Å²) in [4.78, 5) is 11.4. The lowest BCUT2D eigenvalue weighted by atomic mass is 10.1. The molecule has 0 saturated heterocycles. The minimum absolute atomic E-state index is 0.0249. The highest BCUT2D eigenvalue weighted by Gasteiger charge is 2.08. The van der Waals surface area contributed by atoms with E-state index in [0.717, 1.165) is 6.42 Å². The van der Waals surface area contributed by atoms with Gasteiger partial charge in [-0.3, -0.25) is 4.79 Å². The van der Waals surface area contributed by atoms with Crippen molar-refractivity contribution in [1.29, 1.82) is 0 Å². The smallest absolute Gasteiger partial charge is 0.277 e. The maximum atomic E-state index is 11.4. The molecular weight excluding hydrogens is 240 g/mol. The molecule has 1 aromatic rings. The fraction of sp³-hybridized carbons (Fsp3) is 0.700. The Bertz CT molecular complexity index is 354. The van der Waals surface area contributed by atoms with E-state index in [9.17, 15) is 4.79 Å². The molecule has 0 bridgehead atoms. The van der Waals surface area contributed by atoms with Gasteiger partial charge in [0.2, 0.25) is 11.8 Å². The lowest BCUT2D eigenvalue weighted by Gasteiger charge is -2.05. The first-order valence-electron chi connectivity index (χ1n) is 5.53. The molecule has 0 spiro atoms. The van der Waals surface area contributed by atoms with Crippen molar-refractivity contribution in [2.24, 2.45) is 11.7 Å². The molecule has 17 heavy (non-hydrogen) atoms. The Morgan fingerprint density at radius 2 is 2.29 bits per heavy atom. The van der Waals surface area contributed by atoms with Crippen LogP contribution in [0.4, 0.5) is 0 Å². The van der Waals surface area contributed by atoms with Gasteiger partial charge in [-0.1, -0.05) is 25.6 Å². The number of nitrogens with zero attached hydrogens (tertiary/aromatic N) is 2. The number of thioether (sulfide) groups is 1. The highest BCUT2D eigenvalue weighted by molar-refractivity contribution is 7.99. The number of amides is 1. The third-order valence-electron chi connectivity index (χ3n) is 1.99. The van der Waals surface area contributed by atoms with Crippen LogP contribution in [-0.4, -0.2) is 28.4 Å². The quantitative estimate of drug-likeness (QED) is 0.702. The van der Waals surface area contributed by atoms with Gasteiger partial charge in [0.1, 0.15) is 0 Å². The Kier molecular flexibility index (Phi) is 5.99. The Morgan fingerprint density at radius 1 is 1.53 bits per heavy atom. The van der Waals surface area contributed by atoms with Gasteiger partial charge in [0.25, 0.3) is 5.22 Å². The van der Waals surface area contributed by atoms with Crippen LogP contribution in [0.1, 0.15) is 26.2 Å². The molecule has 7 heteroatoms. The Balaban J connectivity index is 2.19. The van der Waals surface area contributed by atoms with Gasteiger partial charge >= 0.3 is 0 Å². The summed E-state index contributed by atoms with van der Waals surface area (Å²) in [6.07, 6.45) is 0.980. The molecule has 0 aliphatic heterocycles. The molecule has 0 fully saturated rings. The van der Waals surface area contributed by atoms with Crippen LogP contribution >= 0.6 is 11.8 Å². The number of carbonyl (C=O) groups is 1. The van der Waals surface area contributed by atoms with Crippen molar-refractivity contribution in [2.75, 3.05) is 12.3 Å². The molecular formula is C10H18N4O2S. The first-order chi connectivity index (χ1) is 8.11. The van der Waals surface area contributed by atoms with Gasteiger partial charge in [-0.05, 0) is 12.3 Å². The van der Waals surface area contributed by atoms with Gasteiger partial charge in [0.05, 0.1) is 12.3 Å². The average molecular weight is 258 g/mol. The fourth-order valence-electron chi connectivity index (χ4n) is 1.06. The first kappa shape index (κ1) is 14.0. The van der Waals surface area contributed by atoms with Crippen molar-refractivity contribution in [1.82, 2.24) is 15.5 Å². The fourth-order valence-corrected chi connectivity index (χ4v) is 1.67. The van der Waals surface area contributed by atoms with Crippen molar-refractivity contribution >= 4 is 17.7 Å². The van der Waals surface area contributed by atoms with Crippen molar-refractivity contribution in [3.05, 3.63) is 5.89 Å². The van der Waals surface area contributed by atoms with Crippen LogP contribution in [0.2, 0.25) is 0 Å². The molecule has 0 radical (unpaired) electrons. The summed E-state index contributed by atoms with van der Waals surface area (Å²) in [5.74, 6) is 1.23.